The van der Waals surface area contributed by atoms with Crippen molar-refractivity contribution in [1.82, 2.24) is 9.97 Å². The highest BCUT2D eigenvalue weighted by atomic mass is 16.5. The van der Waals surface area contributed by atoms with E-state index in [-0.39, 0.29) is 5.69 Å². The molecule has 60 valence electrons. The molecule has 0 saturated heterocycles. The van der Waals surface area contributed by atoms with E-state index in [2.05, 4.69) is 9.97 Å². The number of aryl methyl sites for hydroxylation is 1. The van der Waals surface area contributed by atoms with E-state index in [0.29, 0.717) is 6.61 Å². The highest BCUT2D eigenvalue weighted by Gasteiger charge is 1.97. The Morgan fingerprint density at radius 2 is 2.45 bits per heavy atom. The molecule has 4 heteroatoms. The third-order valence-corrected chi connectivity index (χ3v) is 1.41. The van der Waals surface area contributed by atoms with Crippen LogP contribution in [0.5, 0.6) is 0 Å². The summed E-state index contributed by atoms with van der Waals surface area (Å²) >= 11 is 0. The Kier molecular flexibility index (Phi) is 2.38. The molecule has 0 fully saturated rings. The van der Waals surface area contributed by atoms with Crippen LogP contribution in [0.4, 0.5) is 0 Å². The van der Waals surface area contributed by atoms with E-state index >= 15 is 0 Å². The molecular formula is C7H10N2O2. The summed E-state index contributed by atoms with van der Waals surface area (Å²) in [6.07, 6.45) is 1.53. The first-order valence-corrected chi connectivity index (χ1v) is 3.28. The molecule has 0 aliphatic heterocycles. The van der Waals surface area contributed by atoms with Crippen LogP contribution >= 0.6 is 0 Å². The van der Waals surface area contributed by atoms with Crippen LogP contribution in [0.3, 0.4) is 0 Å². The Balaban J connectivity index is 2.99. The molecule has 0 saturated carbocycles. The molecule has 11 heavy (non-hydrogen) atoms. The Morgan fingerprint density at radius 3 is 3.00 bits per heavy atom. The van der Waals surface area contributed by atoms with E-state index in [1.54, 1.807) is 7.11 Å². The van der Waals surface area contributed by atoms with Gasteiger partial charge in [0.25, 0.3) is 0 Å². The van der Waals surface area contributed by atoms with Crippen molar-refractivity contribution < 1.29 is 4.74 Å². The fraction of sp³-hybridized carbons (Fsp3) is 0.429. The van der Waals surface area contributed by atoms with Gasteiger partial charge in [-0.2, -0.15) is 0 Å². The quantitative estimate of drug-likeness (QED) is 0.663. The van der Waals surface area contributed by atoms with Crippen LogP contribution in [0.25, 0.3) is 0 Å². The average molecular weight is 154 g/mol. The maximum absolute atomic E-state index is 10.6. The second-order valence-corrected chi connectivity index (χ2v) is 2.27. The van der Waals surface area contributed by atoms with Gasteiger partial charge in [-0.05, 0) is 6.92 Å². The van der Waals surface area contributed by atoms with Crippen molar-refractivity contribution in [1.29, 1.82) is 0 Å². The van der Waals surface area contributed by atoms with Crippen molar-refractivity contribution in [3.63, 3.8) is 0 Å². The van der Waals surface area contributed by atoms with Crippen molar-refractivity contribution in [2.45, 2.75) is 13.5 Å². The van der Waals surface area contributed by atoms with Gasteiger partial charge in [0.2, 0.25) is 0 Å². The van der Waals surface area contributed by atoms with Gasteiger partial charge in [0, 0.05) is 24.6 Å². The summed E-state index contributed by atoms with van der Waals surface area (Å²) in [5.74, 6) is 0. The van der Waals surface area contributed by atoms with Crippen LogP contribution in [0.1, 0.15) is 11.3 Å². The zero-order valence-corrected chi connectivity index (χ0v) is 6.55. The van der Waals surface area contributed by atoms with E-state index in [4.69, 9.17) is 4.74 Å². The molecule has 0 unspecified atom stereocenters. The molecule has 0 spiro atoms. The van der Waals surface area contributed by atoms with Crippen LogP contribution in [0.15, 0.2) is 11.0 Å². The van der Waals surface area contributed by atoms with Gasteiger partial charge in [0.15, 0.2) is 0 Å². The molecule has 0 bridgehead atoms. The minimum absolute atomic E-state index is 0.317. The number of hydrogen-bond donors (Lipinski definition) is 1. The van der Waals surface area contributed by atoms with E-state index in [0.717, 1.165) is 11.3 Å². The highest BCUT2D eigenvalue weighted by Crippen LogP contribution is 2.00. The second-order valence-electron chi connectivity index (χ2n) is 2.27. The zero-order chi connectivity index (χ0) is 8.27. The molecule has 1 rings (SSSR count). The van der Waals surface area contributed by atoms with Crippen LogP contribution in [-0.2, 0) is 11.3 Å². The van der Waals surface area contributed by atoms with Crippen molar-refractivity contribution in [2.75, 3.05) is 7.11 Å². The predicted octanol–water partition coefficient (Wildman–Crippen LogP) is 0.225. The first-order valence-electron chi connectivity index (χ1n) is 3.28. The lowest BCUT2D eigenvalue weighted by molar-refractivity contribution is 0.183. The molecule has 0 aliphatic rings. The number of H-pyrrole nitrogens is 1. The third-order valence-electron chi connectivity index (χ3n) is 1.41. The normalized spacial score (nSPS) is 10.0. The molecule has 1 aromatic heterocycles. The van der Waals surface area contributed by atoms with E-state index in [1.807, 2.05) is 6.92 Å². The third kappa shape index (κ3) is 1.88. The summed E-state index contributed by atoms with van der Waals surface area (Å²) < 4.78 is 4.89. The zero-order valence-electron chi connectivity index (χ0n) is 6.55. The van der Waals surface area contributed by atoms with Crippen LogP contribution in [0.2, 0.25) is 0 Å². The fourth-order valence-electron chi connectivity index (χ4n) is 0.807. The summed E-state index contributed by atoms with van der Waals surface area (Å²) in [6, 6.07) is 0. The monoisotopic (exact) mass is 154 g/mol. The lowest BCUT2D eigenvalue weighted by Gasteiger charge is -2.00. The molecule has 1 aromatic rings. The van der Waals surface area contributed by atoms with Gasteiger partial charge >= 0.3 is 5.69 Å². The maximum Gasteiger partial charge on any atom is 0.345 e. The summed E-state index contributed by atoms with van der Waals surface area (Å²) in [7, 11) is 1.60. The smallest absolute Gasteiger partial charge is 0.345 e. The number of aromatic amines is 1. The average Bonchev–Trinajstić information content (AvgIpc) is 1.95. The largest absolute Gasteiger partial charge is 0.380 e. The summed E-state index contributed by atoms with van der Waals surface area (Å²) in [6.45, 7) is 2.30. The Hall–Kier alpha value is -1.16. The minimum atomic E-state index is -0.317. The number of nitrogens with one attached hydrogen (secondary N) is 1. The highest BCUT2D eigenvalue weighted by molar-refractivity contribution is 5.12. The SMILES string of the molecule is COCc1cnc(=O)[nH]c1C. The number of rotatable bonds is 2. The Labute approximate surface area is 64.2 Å². The molecule has 1 N–H and O–H groups in total. The van der Waals surface area contributed by atoms with Gasteiger partial charge in [-0.25, -0.2) is 9.78 Å². The van der Waals surface area contributed by atoms with Gasteiger partial charge in [-0.15, -0.1) is 0 Å². The fourth-order valence-corrected chi connectivity index (χ4v) is 0.807. The number of aromatic nitrogens is 2. The minimum Gasteiger partial charge on any atom is -0.380 e. The van der Waals surface area contributed by atoms with Crippen molar-refractivity contribution in [3.05, 3.63) is 27.9 Å². The molecule has 4 nitrogen and oxygen atoms in total. The molecule has 0 aliphatic carbocycles. The number of nitrogens with zero attached hydrogens (tertiary/aromatic N) is 1. The predicted molar refractivity (Wildman–Crippen MR) is 40.3 cm³/mol. The van der Waals surface area contributed by atoms with Crippen LogP contribution in [-0.4, -0.2) is 17.1 Å². The van der Waals surface area contributed by atoms with Gasteiger partial charge in [0.1, 0.15) is 0 Å². The standard InChI is InChI=1S/C7H10N2O2/c1-5-6(4-11-2)3-8-7(10)9-5/h3H,4H2,1-2H3,(H,8,9,10). The summed E-state index contributed by atoms with van der Waals surface area (Å²) in [5.41, 5.74) is 1.40. The van der Waals surface area contributed by atoms with Gasteiger partial charge in [-0.1, -0.05) is 0 Å². The first kappa shape index (κ1) is 7.94. The van der Waals surface area contributed by atoms with Crippen LogP contribution < -0.4 is 5.69 Å². The molecule has 0 radical (unpaired) electrons. The molecule has 1 heterocycles. The van der Waals surface area contributed by atoms with E-state index in [9.17, 15) is 4.79 Å². The van der Waals surface area contributed by atoms with Gasteiger partial charge in [-0.3, -0.25) is 0 Å². The molecule has 0 amide bonds. The lowest BCUT2D eigenvalue weighted by atomic mass is 10.3. The van der Waals surface area contributed by atoms with Crippen molar-refractivity contribution in [3.8, 4) is 0 Å². The maximum atomic E-state index is 10.6. The Morgan fingerprint density at radius 1 is 1.73 bits per heavy atom. The number of methoxy groups -OCH3 is 1. The van der Waals surface area contributed by atoms with E-state index in [1.165, 1.54) is 6.20 Å². The topological polar surface area (TPSA) is 55.0 Å². The molecule has 0 aromatic carbocycles. The van der Waals surface area contributed by atoms with Crippen molar-refractivity contribution in [2.24, 2.45) is 0 Å². The van der Waals surface area contributed by atoms with Gasteiger partial charge < -0.3 is 9.72 Å². The number of hydrogen-bond acceptors (Lipinski definition) is 3. The van der Waals surface area contributed by atoms with Crippen molar-refractivity contribution >= 4 is 0 Å². The molecule has 0 atom stereocenters. The Bertz CT molecular complexity index is 293. The van der Waals surface area contributed by atoms with Gasteiger partial charge in [0.05, 0.1) is 6.61 Å². The van der Waals surface area contributed by atoms with E-state index < -0.39 is 0 Å². The summed E-state index contributed by atoms with van der Waals surface area (Å²) in [5, 5.41) is 0. The number of ether oxygens (including phenoxy) is 1. The molecular weight excluding hydrogens is 144 g/mol. The second kappa shape index (κ2) is 3.30. The first-order chi connectivity index (χ1) is 5.24. The van der Waals surface area contributed by atoms with Crippen LogP contribution in [0, 0.1) is 6.92 Å². The lowest BCUT2D eigenvalue weighted by Crippen LogP contribution is -2.12. The summed E-state index contributed by atoms with van der Waals surface area (Å²) in [4.78, 5) is 16.8.